The Morgan fingerprint density at radius 1 is 1.88 bits per heavy atom. The second-order valence-electron chi connectivity index (χ2n) is 1.35. The number of carbonyl (C=O) groups is 1. The van der Waals surface area contributed by atoms with E-state index in [1.165, 1.54) is 6.20 Å². The molecule has 0 saturated heterocycles. The fourth-order valence-corrected chi connectivity index (χ4v) is 0.430. The van der Waals surface area contributed by atoms with Crippen molar-refractivity contribution in [2.75, 3.05) is 0 Å². The van der Waals surface area contributed by atoms with Crippen LogP contribution in [0, 0.1) is 0 Å². The topological polar surface area (TPSA) is 43.1 Å². The van der Waals surface area contributed by atoms with E-state index >= 15 is 0 Å². The lowest BCUT2D eigenvalue weighted by Gasteiger charge is -1.76. The zero-order chi connectivity index (χ0) is 5.82. The predicted octanol–water partition coefficient (Wildman–Crippen LogP) is 0.416. The highest BCUT2D eigenvalue weighted by Gasteiger charge is 1.91. The molecule has 1 aromatic rings. The van der Waals surface area contributed by atoms with Crippen LogP contribution in [0.1, 0.15) is 5.76 Å². The van der Waals surface area contributed by atoms with Crippen LogP contribution in [0.25, 0.3) is 0 Å². The summed E-state index contributed by atoms with van der Waals surface area (Å²) in [4.78, 5) is 9.78. The molecule has 0 spiro atoms. The molecular weight excluding hydrogens is 106 g/mol. The van der Waals surface area contributed by atoms with Crippen molar-refractivity contribution in [3.05, 3.63) is 18.0 Å². The summed E-state index contributed by atoms with van der Waals surface area (Å²) >= 11 is 0. The van der Waals surface area contributed by atoms with Gasteiger partial charge in [0.15, 0.2) is 0 Å². The lowest BCUT2D eigenvalue weighted by atomic mass is 10.4. The third kappa shape index (κ3) is 0.932. The molecule has 0 aromatic carbocycles. The van der Waals surface area contributed by atoms with Gasteiger partial charge < -0.3 is 9.32 Å². The molecule has 0 unspecified atom stereocenters. The van der Waals surface area contributed by atoms with Crippen molar-refractivity contribution in [1.82, 2.24) is 5.16 Å². The summed E-state index contributed by atoms with van der Waals surface area (Å²) < 4.78 is 4.59. The number of carbonyl (C=O) groups excluding carboxylic acids is 1. The Bertz CT molecular complexity index is 157. The third-order valence-electron chi connectivity index (χ3n) is 0.776. The van der Waals surface area contributed by atoms with E-state index in [0.717, 1.165) is 6.29 Å². The van der Waals surface area contributed by atoms with Crippen LogP contribution < -0.4 is 0 Å². The second kappa shape index (κ2) is 2.26. The van der Waals surface area contributed by atoms with Crippen LogP contribution >= 0.6 is 0 Å². The molecule has 1 rings (SSSR count). The van der Waals surface area contributed by atoms with Gasteiger partial charge in [-0.3, -0.25) is 0 Å². The molecule has 3 nitrogen and oxygen atoms in total. The Morgan fingerprint density at radius 2 is 2.75 bits per heavy atom. The molecule has 0 bridgehead atoms. The highest BCUT2D eigenvalue weighted by atomic mass is 16.5. The molecule has 0 atom stereocenters. The van der Waals surface area contributed by atoms with Crippen LogP contribution in [0.4, 0.5) is 0 Å². The summed E-state index contributed by atoms with van der Waals surface area (Å²) in [5, 5.41) is 3.41. The number of nitrogens with zero attached hydrogens (tertiary/aromatic N) is 1. The van der Waals surface area contributed by atoms with Gasteiger partial charge in [0.1, 0.15) is 12.0 Å². The molecule has 0 fully saturated rings. The molecule has 0 saturated carbocycles. The first-order valence-corrected chi connectivity index (χ1v) is 2.26. The van der Waals surface area contributed by atoms with E-state index in [1.807, 2.05) is 0 Å². The van der Waals surface area contributed by atoms with E-state index in [2.05, 4.69) is 9.68 Å². The van der Waals surface area contributed by atoms with Gasteiger partial charge in [-0.15, -0.1) is 0 Å². The van der Waals surface area contributed by atoms with Crippen molar-refractivity contribution in [2.24, 2.45) is 0 Å². The maximum atomic E-state index is 9.78. The van der Waals surface area contributed by atoms with Gasteiger partial charge in [-0.1, -0.05) is 5.16 Å². The summed E-state index contributed by atoms with van der Waals surface area (Å²) in [6.45, 7) is 0. The first-order valence-electron chi connectivity index (χ1n) is 2.26. The summed E-state index contributed by atoms with van der Waals surface area (Å²) in [5.74, 6) is 0.611. The largest absolute Gasteiger partial charge is 0.361 e. The van der Waals surface area contributed by atoms with Crippen LogP contribution in [0.15, 0.2) is 16.8 Å². The minimum absolute atomic E-state index is 0.319. The minimum Gasteiger partial charge on any atom is -0.361 e. The summed E-state index contributed by atoms with van der Waals surface area (Å²) in [6.07, 6.45) is 2.61. The van der Waals surface area contributed by atoms with E-state index in [9.17, 15) is 4.79 Å². The second-order valence-corrected chi connectivity index (χ2v) is 1.35. The maximum absolute atomic E-state index is 9.78. The molecule has 1 heterocycles. The molecule has 0 aliphatic carbocycles. The van der Waals surface area contributed by atoms with Crippen LogP contribution in [0.5, 0.6) is 0 Å². The number of hydrogen-bond acceptors (Lipinski definition) is 3. The monoisotopic (exact) mass is 111 g/mol. The van der Waals surface area contributed by atoms with E-state index in [0.29, 0.717) is 12.2 Å². The molecule has 8 heavy (non-hydrogen) atoms. The summed E-state index contributed by atoms with van der Waals surface area (Å²) in [7, 11) is 0. The van der Waals surface area contributed by atoms with Crippen molar-refractivity contribution < 1.29 is 9.32 Å². The smallest absolute Gasteiger partial charge is 0.143 e. The van der Waals surface area contributed by atoms with E-state index in [-0.39, 0.29) is 0 Å². The Hall–Kier alpha value is -1.12. The van der Waals surface area contributed by atoms with Gasteiger partial charge in [-0.2, -0.15) is 0 Å². The van der Waals surface area contributed by atoms with Crippen molar-refractivity contribution in [1.29, 1.82) is 0 Å². The average molecular weight is 111 g/mol. The first kappa shape index (κ1) is 5.03. The molecule has 0 aliphatic heterocycles. The van der Waals surface area contributed by atoms with Crippen LogP contribution in [-0.4, -0.2) is 11.4 Å². The standard InChI is InChI=1S/C5H5NO2/c7-4-2-5-1-3-6-8-5/h1,3-4H,2H2. The fraction of sp³-hybridized carbons (Fsp3) is 0.200. The van der Waals surface area contributed by atoms with Gasteiger partial charge in [0.25, 0.3) is 0 Å². The van der Waals surface area contributed by atoms with Crippen molar-refractivity contribution in [3.63, 3.8) is 0 Å². The lowest BCUT2D eigenvalue weighted by molar-refractivity contribution is -0.107. The predicted molar refractivity (Wildman–Crippen MR) is 26.3 cm³/mol. The molecule has 0 radical (unpaired) electrons. The highest BCUT2D eigenvalue weighted by molar-refractivity contribution is 5.52. The Balaban J connectivity index is 2.62. The number of hydrogen-bond donors (Lipinski definition) is 0. The van der Waals surface area contributed by atoms with Crippen LogP contribution in [0.3, 0.4) is 0 Å². The van der Waals surface area contributed by atoms with E-state index in [1.54, 1.807) is 6.07 Å². The first-order chi connectivity index (χ1) is 3.93. The highest BCUT2D eigenvalue weighted by Crippen LogP contribution is 1.93. The van der Waals surface area contributed by atoms with Crippen molar-refractivity contribution in [3.8, 4) is 0 Å². The third-order valence-corrected chi connectivity index (χ3v) is 0.776. The molecule has 1 aromatic heterocycles. The van der Waals surface area contributed by atoms with E-state index < -0.39 is 0 Å². The quantitative estimate of drug-likeness (QED) is 0.519. The van der Waals surface area contributed by atoms with Crippen LogP contribution in [0.2, 0.25) is 0 Å². The molecule has 3 heteroatoms. The fourth-order valence-electron chi connectivity index (χ4n) is 0.430. The molecular formula is C5H5NO2. The Labute approximate surface area is 46.3 Å². The Morgan fingerprint density at radius 3 is 3.25 bits per heavy atom. The summed E-state index contributed by atoms with van der Waals surface area (Å²) in [5.41, 5.74) is 0. The zero-order valence-corrected chi connectivity index (χ0v) is 4.20. The Kier molecular flexibility index (Phi) is 1.42. The molecule has 0 N–H and O–H groups in total. The van der Waals surface area contributed by atoms with Gasteiger partial charge in [-0.25, -0.2) is 0 Å². The van der Waals surface area contributed by atoms with E-state index in [4.69, 9.17) is 0 Å². The zero-order valence-electron chi connectivity index (χ0n) is 4.20. The van der Waals surface area contributed by atoms with Gasteiger partial charge in [0.05, 0.1) is 12.6 Å². The lowest BCUT2D eigenvalue weighted by Crippen LogP contribution is -1.78. The minimum atomic E-state index is 0.319. The summed E-state index contributed by atoms with van der Waals surface area (Å²) in [6, 6.07) is 1.66. The SMILES string of the molecule is O=CCc1ccno1. The number of aldehydes is 1. The van der Waals surface area contributed by atoms with Gasteiger partial charge in [0, 0.05) is 6.07 Å². The van der Waals surface area contributed by atoms with Crippen molar-refractivity contribution in [2.45, 2.75) is 6.42 Å². The van der Waals surface area contributed by atoms with Crippen LogP contribution in [-0.2, 0) is 11.2 Å². The average Bonchev–Trinajstić information content (AvgIpc) is 2.19. The molecule has 42 valence electrons. The van der Waals surface area contributed by atoms with Crippen molar-refractivity contribution >= 4 is 6.29 Å². The molecule has 0 amide bonds. The van der Waals surface area contributed by atoms with Gasteiger partial charge in [0.2, 0.25) is 0 Å². The maximum Gasteiger partial charge on any atom is 0.143 e. The van der Waals surface area contributed by atoms with Gasteiger partial charge in [-0.05, 0) is 0 Å². The van der Waals surface area contributed by atoms with Gasteiger partial charge >= 0.3 is 0 Å². The number of aromatic nitrogens is 1. The molecule has 0 aliphatic rings. The number of rotatable bonds is 2. The normalized spacial score (nSPS) is 9.00.